The standard InChI is InChI=1S/C19H19ClN4O/c20-16-6-7-18(15(12-16)13-21)24-10-8-23(9-11-24)14-19(25)22-17-4-2-1-3-5-17/h1-7,12H,8-11,14H2,(H,22,25). The Hall–Kier alpha value is -2.55. The first-order valence-electron chi connectivity index (χ1n) is 8.17. The second-order valence-corrected chi connectivity index (χ2v) is 6.39. The number of hydrogen-bond acceptors (Lipinski definition) is 4. The molecule has 2 aromatic carbocycles. The van der Waals surface area contributed by atoms with E-state index in [-0.39, 0.29) is 5.91 Å². The number of carbonyl (C=O) groups excluding carboxylic acids is 1. The zero-order chi connectivity index (χ0) is 17.6. The van der Waals surface area contributed by atoms with Crippen molar-refractivity contribution in [1.82, 2.24) is 4.90 Å². The van der Waals surface area contributed by atoms with Crippen LogP contribution in [0, 0.1) is 11.3 Å². The van der Waals surface area contributed by atoms with E-state index in [9.17, 15) is 10.1 Å². The molecule has 1 N–H and O–H groups in total. The number of halogens is 1. The summed E-state index contributed by atoms with van der Waals surface area (Å²) >= 11 is 5.96. The summed E-state index contributed by atoms with van der Waals surface area (Å²) in [5.74, 6) is -0.0103. The maximum Gasteiger partial charge on any atom is 0.238 e. The van der Waals surface area contributed by atoms with Gasteiger partial charge in [-0.05, 0) is 30.3 Å². The Morgan fingerprint density at radius 1 is 1.12 bits per heavy atom. The van der Waals surface area contributed by atoms with Gasteiger partial charge >= 0.3 is 0 Å². The minimum Gasteiger partial charge on any atom is -0.368 e. The molecular formula is C19H19ClN4O. The van der Waals surface area contributed by atoms with Crippen LogP contribution in [0.15, 0.2) is 48.5 Å². The molecule has 0 saturated carbocycles. The lowest BCUT2D eigenvalue weighted by molar-refractivity contribution is -0.117. The van der Waals surface area contributed by atoms with Crippen LogP contribution >= 0.6 is 11.6 Å². The molecule has 0 aliphatic carbocycles. The van der Waals surface area contributed by atoms with Crippen LogP contribution in [0.2, 0.25) is 5.02 Å². The van der Waals surface area contributed by atoms with Crippen molar-refractivity contribution in [3.63, 3.8) is 0 Å². The summed E-state index contributed by atoms with van der Waals surface area (Å²) in [6.45, 7) is 3.46. The number of piperazine rings is 1. The smallest absolute Gasteiger partial charge is 0.238 e. The van der Waals surface area contributed by atoms with Crippen LogP contribution in [0.5, 0.6) is 0 Å². The fourth-order valence-corrected chi connectivity index (χ4v) is 3.12. The number of para-hydroxylation sites is 1. The van der Waals surface area contributed by atoms with Gasteiger partial charge < -0.3 is 10.2 Å². The molecule has 0 spiro atoms. The minimum absolute atomic E-state index is 0.0103. The number of anilines is 2. The Kier molecular flexibility index (Phi) is 5.54. The number of nitrogens with one attached hydrogen (secondary N) is 1. The number of nitriles is 1. The molecule has 0 bridgehead atoms. The monoisotopic (exact) mass is 354 g/mol. The Bertz CT molecular complexity index is 780. The number of nitrogens with zero attached hydrogens (tertiary/aromatic N) is 3. The summed E-state index contributed by atoms with van der Waals surface area (Å²) < 4.78 is 0. The molecule has 1 heterocycles. The molecule has 128 valence electrons. The van der Waals surface area contributed by atoms with Gasteiger partial charge in [0.25, 0.3) is 0 Å². The highest BCUT2D eigenvalue weighted by Crippen LogP contribution is 2.24. The number of hydrogen-bond donors (Lipinski definition) is 1. The van der Waals surface area contributed by atoms with Crippen LogP contribution in [0.4, 0.5) is 11.4 Å². The van der Waals surface area contributed by atoms with Crippen molar-refractivity contribution in [3.8, 4) is 6.07 Å². The SMILES string of the molecule is N#Cc1cc(Cl)ccc1N1CCN(CC(=O)Nc2ccccc2)CC1. The number of carbonyl (C=O) groups is 1. The summed E-state index contributed by atoms with van der Waals surface area (Å²) in [6, 6.07) is 17.0. The molecule has 1 saturated heterocycles. The third-order valence-electron chi connectivity index (χ3n) is 4.22. The van der Waals surface area contributed by atoms with Crippen LogP contribution in [-0.2, 0) is 4.79 Å². The van der Waals surface area contributed by atoms with Gasteiger partial charge in [0.2, 0.25) is 5.91 Å². The second-order valence-electron chi connectivity index (χ2n) is 5.95. The number of benzene rings is 2. The van der Waals surface area contributed by atoms with E-state index >= 15 is 0 Å². The van der Waals surface area contributed by atoms with Crippen molar-refractivity contribution >= 4 is 28.9 Å². The van der Waals surface area contributed by atoms with Gasteiger partial charge in [0.15, 0.2) is 0 Å². The minimum atomic E-state index is -0.0103. The molecule has 2 aromatic rings. The highest BCUT2D eigenvalue weighted by Gasteiger charge is 2.21. The van der Waals surface area contributed by atoms with Crippen LogP contribution in [-0.4, -0.2) is 43.5 Å². The van der Waals surface area contributed by atoms with Crippen LogP contribution in [0.25, 0.3) is 0 Å². The summed E-state index contributed by atoms with van der Waals surface area (Å²) in [5.41, 5.74) is 2.30. The third kappa shape index (κ3) is 4.50. The molecule has 1 aliphatic rings. The average molecular weight is 355 g/mol. The predicted molar refractivity (Wildman–Crippen MR) is 99.9 cm³/mol. The maximum absolute atomic E-state index is 12.1. The lowest BCUT2D eigenvalue weighted by Crippen LogP contribution is -2.48. The van der Waals surface area contributed by atoms with Crippen LogP contribution < -0.4 is 10.2 Å². The molecule has 25 heavy (non-hydrogen) atoms. The molecule has 6 heteroatoms. The molecule has 0 unspecified atom stereocenters. The lowest BCUT2D eigenvalue weighted by atomic mass is 10.1. The molecule has 1 amide bonds. The third-order valence-corrected chi connectivity index (χ3v) is 4.45. The molecule has 1 aliphatic heterocycles. The first-order chi connectivity index (χ1) is 12.2. The van der Waals surface area contributed by atoms with Gasteiger partial charge in [-0.2, -0.15) is 5.26 Å². The molecule has 0 radical (unpaired) electrons. The number of amides is 1. The fourth-order valence-electron chi connectivity index (χ4n) is 2.95. The summed E-state index contributed by atoms with van der Waals surface area (Å²) in [4.78, 5) is 16.4. The Labute approximate surface area is 152 Å². The van der Waals surface area contributed by atoms with Gasteiger partial charge in [-0.3, -0.25) is 9.69 Å². The van der Waals surface area contributed by atoms with E-state index in [0.29, 0.717) is 17.1 Å². The first kappa shape index (κ1) is 17.3. The van der Waals surface area contributed by atoms with E-state index in [2.05, 4.69) is 21.2 Å². The predicted octanol–water partition coefficient (Wildman–Crippen LogP) is 2.97. The van der Waals surface area contributed by atoms with Crippen molar-refractivity contribution in [1.29, 1.82) is 5.26 Å². The van der Waals surface area contributed by atoms with Crippen molar-refractivity contribution in [2.24, 2.45) is 0 Å². The van der Waals surface area contributed by atoms with Gasteiger partial charge in [-0.25, -0.2) is 0 Å². The van der Waals surface area contributed by atoms with E-state index in [1.54, 1.807) is 12.1 Å². The average Bonchev–Trinajstić information content (AvgIpc) is 2.63. The molecular weight excluding hydrogens is 336 g/mol. The maximum atomic E-state index is 12.1. The van der Waals surface area contributed by atoms with Gasteiger partial charge in [0.1, 0.15) is 6.07 Å². The van der Waals surface area contributed by atoms with Crippen LogP contribution in [0.3, 0.4) is 0 Å². The topological polar surface area (TPSA) is 59.4 Å². The zero-order valence-corrected chi connectivity index (χ0v) is 14.5. The van der Waals surface area contributed by atoms with E-state index in [4.69, 9.17) is 11.6 Å². The van der Waals surface area contributed by atoms with Gasteiger partial charge in [-0.1, -0.05) is 29.8 Å². The lowest BCUT2D eigenvalue weighted by Gasteiger charge is -2.36. The molecule has 5 nitrogen and oxygen atoms in total. The normalized spacial score (nSPS) is 14.8. The molecule has 3 rings (SSSR count). The van der Waals surface area contributed by atoms with E-state index in [0.717, 1.165) is 37.6 Å². The van der Waals surface area contributed by atoms with Gasteiger partial charge in [-0.15, -0.1) is 0 Å². The molecule has 0 atom stereocenters. The van der Waals surface area contributed by atoms with E-state index in [1.807, 2.05) is 36.4 Å². The summed E-state index contributed by atoms with van der Waals surface area (Å²) in [6.07, 6.45) is 0. The van der Waals surface area contributed by atoms with Crippen molar-refractivity contribution in [3.05, 3.63) is 59.1 Å². The Balaban J connectivity index is 1.54. The highest BCUT2D eigenvalue weighted by molar-refractivity contribution is 6.30. The molecule has 0 aromatic heterocycles. The quantitative estimate of drug-likeness (QED) is 0.917. The van der Waals surface area contributed by atoms with Crippen molar-refractivity contribution in [2.75, 3.05) is 42.9 Å². The Morgan fingerprint density at radius 3 is 2.52 bits per heavy atom. The summed E-state index contributed by atoms with van der Waals surface area (Å²) in [5, 5.41) is 12.8. The van der Waals surface area contributed by atoms with E-state index in [1.165, 1.54) is 0 Å². The van der Waals surface area contributed by atoms with Crippen LogP contribution in [0.1, 0.15) is 5.56 Å². The van der Waals surface area contributed by atoms with Gasteiger partial charge in [0, 0.05) is 36.9 Å². The first-order valence-corrected chi connectivity index (χ1v) is 8.55. The van der Waals surface area contributed by atoms with Crippen molar-refractivity contribution < 1.29 is 4.79 Å². The Morgan fingerprint density at radius 2 is 1.84 bits per heavy atom. The van der Waals surface area contributed by atoms with Gasteiger partial charge in [0.05, 0.1) is 17.8 Å². The zero-order valence-electron chi connectivity index (χ0n) is 13.8. The van der Waals surface area contributed by atoms with Crippen molar-refractivity contribution in [2.45, 2.75) is 0 Å². The largest absolute Gasteiger partial charge is 0.368 e. The summed E-state index contributed by atoms with van der Waals surface area (Å²) in [7, 11) is 0. The molecule has 1 fully saturated rings. The highest BCUT2D eigenvalue weighted by atomic mass is 35.5. The fraction of sp³-hybridized carbons (Fsp3) is 0.263. The van der Waals surface area contributed by atoms with E-state index < -0.39 is 0 Å². The second kappa shape index (κ2) is 8.02. The number of rotatable bonds is 4.